The van der Waals surface area contributed by atoms with Crippen molar-refractivity contribution < 1.29 is 19.0 Å². The average molecular weight is 775 g/mol. The van der Waals surface area contributed by atoms with Crippen LogP contribution in [0.3, 0.4) is 0 Å². The molecule has 0 amide bonds. The number of hydrogen-bond acceptors (Lipinski definition) is 7. The van der Waals surface area contributed by atoms with Gasteiger partial charge in [-0.3, -0.25) is 9.36 Å². The summed E-state index contributed by atoms with van der Waals surface area (Å²) in [6.45, 7) is 6.02. The van der Waals surface area contributed by atoms with Crippen LogP contribution in [-0.2, 0) is 9.53 Å². The van der Waals surface area contributed by atoms with E-state index in [4.69, 9.17) is 19.2 Å². The quantitative estimate of drug-likeness (QED) is 0.132. The van der Waals surface area contributed by atoms with Crippen molar-refractivity contribution in [2.24, 2.45) is 4.99 Å². The monoisotopic (exact) mass is 773 g/mol. The molecule has 0 saturated carbocycles. The zero-order chi connectivity index (χ0) is 36.4. The number of methoxy groups -OCH3 is 1. The van der Waals surface area contributed by atoms with Crippen LogP contribution in [0, 0.1) is 0 Å². The third kappa shape index (κ3) is 6.55. The van der Waals surface area contributed by atoms with E-state index >= 15 is 0 Å². The first-order valence-electron chi connectivity index (χ1n) is 17.0. The van der Waals surface area contributed by atoms with Crippen LogP contribution in [-0.4, -0.2) is 35.4 Å². The Labute approximate surface area is 313 Å². The summed E-state index contributed by atoms with van der Waals surface area (Å²) in [7, 11) is 1.58. The van der Waals surface area contributed by atoms with E-state index in [0.717, 1.165) is 38.2 Å². The zero-order valence-electron chi connectivity index (χ0n) is 29.1. The maximum absolute atomic E-state index is 14.7. The van der Waals surface area contributed by atoms with Crippen molar-refractivity contribution in [1.82, 2.24) is 9.13 Å². The Kier molecular flexibility index (Phi) is 10.1. The minimum atomic E-state index is -0.802. The third-order valence-electron chi connectivity index (χ3n) is 8.84. The summed E-state index contributed by atoms with van der Waals surface area (Å²) < 4.78 is 22.2. The van der Waals surface area contributed by atoms with Crippen LogP contribution in [0.4, 0.5) is 0 Å². The van der Waals surface area contributed by atoms with Gasteiger partial charge in [-0.05, 0) is 86.0 Å². The van der Waals surface area contributed by atoms with Gasteiger partial charge in [-0.15, -0.1) is 0 Å². The minimum absolute atomic E-state index is 0.181. The largest absolute Gasteiger partial charge is 0.493 e. The van der Waals surface area contributed by atoms with Crippen molar-refractivity contribution in [3.05, 3.63) is 156 Å². The third-order valence-corrected chi connectivity index (χ3v) is 10.4. The van der Waals surface area contributed by atoms with Crippen molar-refractivity contribution in [3.63, 3.8) is 0 Å². The second kappa shape index (κ2) is 15.0. The predicted molar refractivity (Wildman–Crippen MR) is 209 cm³/mol. The molecule has 10 heteroatoms. The van der Waals surface area contributed by atoms with Gasteiger partial charge in [-0.1, -0.05) is 94.0 Å². The van der Waals surface area contributed by atoms with Crippen LogP contribution in [0.1, 0.15) is 37.9 Å². The second-order valence-corrected chi connectivity index (χ2v) is 13.9. The predicted octanol–water partition coefficient (Wildman–Crippen LogP) is 8.09. The molecule has 1 atom stereocenters. The Balaban J connectivity index is 1.50. The molecule has 0 saturated heterocycles. The van der Waals surface area contributed by atoms with Gasteiger partial charge in [0, 0.05) is 15.7 Å². The van der Waals surface area contributed by atoms with Crippen LogP contribution in [0.2, 0.25) is 0 Å². The van der Waals surface area contributed by atoms with Gasteiger partial charge in [0.05, 0.1) is 53.6 Å². The van der Waals surface area contributed by atoms with Crippen LogP contribution >= 0.6 is 27.3 Å². The summed E-state index contributed by atoms with van der Waals surface area (Å²) in [5, 5.41) is 0. The molecular formula is C42H36BrN3O5S. The number of rotatable bonds is 10. The average Bonchev–Trinajstić information content (AvgIpc) is 3.69. The van der Waals surface area contributed by atoms with Crippen LogP contribution in [0.25, 0.3) is 34.3 Å². The molecule has 0 N–H and O–H groups in total. The molecule has 0 unspecified atom stereocenters. The molecular weight excluding hydrogens is 738 g/mol. The molecule has 52 heavy (non-hydrogen) atoms. The number of carbonyl (C=O) groups excluding carboxylic acids is 1. The minimum Gasteiger partial charge on any atom is -0.493 e. The van der Waals surface area contributed by atoms with Crippen LogP contribution < -0.4 is 24.4 Å². The molecule has 1 aliphatic heterocycles. The summed E-state index contributed by atoms with van der Waals surface area (Å²) >= 11 is 4.88. The molecule has 4 aromatic carbocycles. The highest BCUT2D eigenvalue weighted by atomic mass is 79.9. The number of ether oxygens (including phenoxy) is 3. The van der Waals surface area contributed by atoms with E-state index < -0.39 is 12.0 Å². The van der Waals surface area contributed by atoms with Crippen LogP contribution in [0.5, 0.6) is 11.5 Å². The first kappa shape index (κ1) is 35.0. The van der Waals surface area contributed by atoms with Crippen molar-refractivity contribution in [3.8, 4) is 39.7 Å². The van der Waals surface area contributed by atoms with Crippen molar-refractivity contribution in [2.75, 3.05) is 20.3 Å². The number of hydrogen-bond donors (Lipinski definition) is 0. The molecule has 0 bridgehead atoms. The van der Waals surface area contributed by atoms with Crippen molar-refractivity contribution in [2.45, 2.75) is 26.8 Å². The first-order valence-corrected chi connectivity index (χ1v) is 18.6. The summed E-state index contributed by atoms with van der Waals surface area (Å²) in [5.74, 6) is 0.536. The maximum Gasteiger partial charge on any atom is 0.338 e. The molecule has 6 aromatic rings. The topological polar surface area (TPSA) is 84.1 Å². The second-order valence-electron chi connectivity index (χ2n) is 12.0. The van der Waals surface area contributed by atoms with Gasteiger partial charge in [0.15, 0.2) is 16.3 Å². The van der Waals surface area contributed by atoms with Gasteiger partial charge in [0.2, 0.25) is 0 Å². The number of allylic oxidation sites excluding steroid dienone is 1. The Morgan fingerprint density at radius 2 is 1.58 bits per heavy atom. The van der Waals surface area contributed by atoms with E-state index in [-0.39, 0.29) is 12.2 Å². The molecule has 262 valence electrons. The number of aromatic nitrogens is 2. The summed E-state index contributed by atoms with van der Waals surface area (Å²) in [6.07, 6.45) is 1.94. The van der Waals surface area contributed by atoms with Gasteiger partial charge in [0.25, 0.3) is 5.56 Å². The molecule has 0 spiro atoms. The number of halogens is 1. The zero-order valence-corrected chi connectivity index (χ0v) is 31.5. The Bertz CT molecular complexity index is 2480. The Morgan fingerprint density at radius 1 is 0.885 bits per heavy atom. The van der Waals surface area contributed by atoms with Gasteiger partial charge < -0.3 is 18.8 Å². The summed E-state index contributed by atoms with van der Waals surface area (Å²) in [5.41, 5.74) is 6.95. The number of benzene rings is 4. The molecule has 7 rings (SSSR count). The summed E-state index contributed by atoms with van der Waals surface area (Å²) in [4.78, 5) is 33.6. The smallest absolute Gasteiger partial charge is 0.338 e. The number of thiazole rings is 1. The molecule has 0 aliphatic carbocycles. The number of carbonyl (C=O) groups is 1. The Morgan fingerprint density at radius 3 is 2.23 bits per heavy atom. The Hall–Kier alpha value is -5.45. The van der Waals surface area contributed by atoms with E-state index in [9.17, 15) is 9.59 Å². The lowest BCUT2D eigenvalue weighted by Gasteiger charge is -2.25. The first-order chi connectivity index (χ1) is 25.3. The summed E-state index contributed by atoms with van der Waals surface area (Å²) in [6, 6.07) is 35.4. The molecule has 1 aliphatic rings. The fourth-order valence-corrected chi connectivity index (χ4v) is 7.89. The van der Waals surface area contributed by atoms with Gasteiger partial charge in [-0.25, -0.2) is 9.79 Å². The highest BCUT2D eigenvalue weighted by Crippen LogP contribution is 2.38. The molecule has 3 heterocycles. The highest BCUT2D eigenvalue weighted by Gasteiger charge is 2.34. The number of esters is 1. The van der Waals surface area contributed by atoms with E-state index in [2.05, 4.69) is 63.0 Å². The number of fused-ring (bicyclic) bond motifs is 1. The number of nitrogens with zero attached hydrogens (tertiary/aromatic N) is 3. The van der Waals surface area contributed by atoms with E-state index in [1.165, 1.54) is 11.3 Å². The standard InChI is InChI=1S/C42H36BrN3O5S/c1-5-50-35-24-29(17-22-34(35)49-4)39-37(41(48)51-6-2)26(3)44-42-46(39)40(47)36(52-42)25-30-23-33(27-13-9-7-10-14-27)45(32-20-18-31(43)19-21-32)38(30)28-15-11-8-12-16-28/h7-25,39H,5-6H2,1-4H3/b36-25-/t39-/m0/s1. The highest BCUT2D eigenvalue weighted by molar-refractivity contribution is 9.10. The lowest BCUT2D eigenvalue weighted by atomic mass is 9.95. The lowest BCUT2D eigenvalue weighted by Crippen LogP contribution is -2.40. The van der Waals surface area contributed by atoms with Crippen molar-refractivity contribution in [1.29, 1.82) is 0 Å². The maximum atomic E-state index is 14.7. The van der Waals surface area contributed by atoms with Crippen molar-refractivity contribution >= 4 is 39.3 Å². The van der Waals surface area contributed by atoms with E-state index in [1.54, 1.807) is 31.6 Å². The SMILES string of the molecule is CCOC(=O)C1=C(C)N=c2s/c(=C\c3cc(-c4ccccc4)n(-c4ccc(Br)cc4)c3-c3ccccc3)c(=O)n2[C@H]1c1ccc(OC)c(OCC)c1. The van der Waals surface area contributed by atoms with Crippen LogP contribution in [0.15, 0.2) is 135 Å². The van der Waals surface area contributed by atoms with Gasteiger partial charge in [-0.2, -0.15) is 0 Å². The molecule has 8 nitrogen and oxygen atoms in total. The van der Waals surface area contributed by atoms with Gasteiger partial charge >= 0.3 is 5.97 Å². The lowest BCUT2D eigenvalue weighted by molar-refractivity contribution is -0.139. The van der Waals surface area contributed by atoms with E-state index in [0.29, 0.717) is 44.3 Å². The molecule has 2 aromatic heterocycles. The fourth-order valence-electron chi connectivity index (χ4n) is 6.59. The van der Waals surface area contributed by atoms with E-state index in [1.807, 2.05) is 73.7 Å². The fraction of sp³-hybridized carbons (Fsp3) is 0.167. The normalized spacial score (nSPS) is 14.2. The molecule has 0 radical (unpaired) electrons. The van der Waals surface area contributed by atoms with Gasteiger partial charge in [0.1, 0.15) is 0 Å². The molecule has 0 fully saturated rings.